The predicted octanol–water partition coefficient (Wildman–Crippen LogP) is 2.24. The molecule has 1 aliphatic rings. The largest absolute Gasteiger partial charge is 0.367 e. The number of anilines is 1. The summed E-state index contributed by atoms with van der Waals surface area (Å²) in [7, 11) is 0. The number of nitrogens with zero attached hydrogens (tertiary/aromatic N) is 1. The van der Waals surface area contributed by atoms with Gasteiger partial charge in [-0.05, 0) is 31.0 Å². The van der Waals surface area contributed by atoms with Gasteiger partial charge in [0.1, 0.15) is 5.82 Å². The topological polar surface area (TPSA) is 24.9 Å². The van der Waals surface area contributed by atoms with Crippen molar-refractivity contribution in [1.29, 1.82) is 0 Å². The van der Waals surface area contributed by atoms with E-state index >= 15 is 0 Å². The maximum atomic E-state index is 4.20. The van der Waals surface area contributed by atoms with Crippen molar-refractivity contribution in [2.75, 3.05) is 5.32 Å². The van der Waals surface area contributed by atoms with Crippen LogP contribution in [0, 0.1) is 6.07 Å². The fraction of sp³-hybridized carbons (Fsp3) is 0.500. The smallest absolute Gasteiger partial charge is 0.126 e. The second-order valence-corrected chi connectivity index (χ2v) is 3.27. The van der Waals surface area contributed by atoms with Crippen LogP contribution in [0.25, 0.3) is 0 Å². The molecule has 2 rings (SSSR count). The lowest BCUT2D eigenvalue weighted by Gasteiger charge is -2.11. The van der Waals surface area contributed by atoms with Gasteiger partial charge in [-0.15, -0.1) is 0 Å². The van der Waals surface area contributed by atoms with Crippen LogP contribution < -0.4 is 5.32 Å². The first-order chi connectivity index (χ1) is 5.95. The van der Waals surface area contributed by atoms with Crippen LogP contribution >= 0.6 is 0 Å². The summed E-state index contributed by atoms with van der Waals surface area (Å²) in [5.41, 5.74) is 0. The molecule has 1 radical (unpaired) electrons. The first-order valence-corrected chi connectivity index (χ1v) is 4.54. The molecule has 0 unspecified atom stereocenters. The fourth-order valence-electron chi connectivity index (χ4n) is 1.68. The number of hydrogen-bond acceptors (Lipinski definition) is 2. The van der Waals surface area contributed by atoms with E-state index < -0.39 is 0 Å². The Kier molecular flexibility index (Phi) is 2.26. The fourth-order valence-corrected chi connectivity index (χ4v) is 1.68. The van der Waals surface area contributed by atoms with E-state index in [1.54, 1.807) is 6.20 Å². The van der Waals surface area contributed by atoms with Crippen LogP contribution in [0.4, 0.5) is 5.82 Å². The standard InChI is InChI=1S/C10H13N2/c1-2-6-9(5-1)12-10-7-3-4-8-11-10/h4,7-9H,1-2,5-6H2,(H,11,12). The monoisotopic (exact) mass is 161 g/mol. The van der Waals surface area contributed by atoms with Gasteiger partial charge in [0, 0.05) is 12.2 Å². The van der Waals surface area contributed by atoms with Crippen LogP contribution in [-0.2, 0) is 0 Å². The molecule has 0 aromatic carbocycles. The quantitative estimate of drug-likeness (QED) is 0.719. The van der Waals surface area contributed by atoms with Crippen molar-refractivity contribution in [2.24, 2.45) is 0 Å². The molecule has 1 saturated carbocycles. The summed E-state index contributed by atoms with van der Waals surface area (Å²) in [5.74, 6) is 0.962. The zero-order valence-electron chi connectivity index (χ0n) is 7.09. The highest BCUT2D eigenvalue weighted by Crippen LogP contribution is 2.20. The first kappa shape index (κ1) is 7.59. The van der Waals surface area contributed by atoms with Gasteiger partial charge in [-0.1, -0.05) is 12.8 Å². The second kappa shape index (κ2) is 3.57. The van der Waals surface area contributed by atoms with Crippen LogP contribution in [0.1, 0.15) is 25.7 Å². The lowest BCUT2D eigenvalue weighted by atomic mass is 10.2. The summed E-state index contributed by atoms with van der Waals surface area (Å²) >= 11 is 0. The highest BCUT2D eigenvalue weighted by molar-refractivity contribution is 5.34. The molecule has 1 fully saturated rings. The molecule has 1 aromatic heterocycles. The van der Waals surface area contributed by atoms with Crippen molar-refractivity contribution < 1.29 is 0 Å². The lowest BCUT2D eigenvalue weighted by Crippen LogP contribution is -2.15. The molecule has 2 heteroatoms. The Balaban J connectivity index is 1.94. The predicted molar refractivity (Wildman–Crippen MR) is 49.0 cm³/mol. The minimum absolute atomic E-state index is 0.647. The molecular weight excluding hydrogens is 148 g/mol. The van der Waals surface area contributed by atoms with Crippen molar-refractivity contribution in [3.05, 3.63) is 24.4 Å². The third-order valence-corrected chi connectivity index (χ3v) is 2.31. The van der Waals surface area contributed by atoms with Gasteiger partial charge in [0.05, 0.1) is 0 Å². The van der Waals surface area contributed by atoms with Gasteiger partial charge < -0.3 is 5.32 Å². The molecule has 0 saturated heterocycles. The Hall–Kier alpha value is -1.05. The summed E-state index contributed by atoms with van der Waals surface area (Å²) in [4.78, 5) is 4.20. The molecule has 12 heavy (non-hydrogen) atoms. The Labute approximate surface area is 73.0 Å². The molecule has 0 aliphatic heterocycles. The van der Waals surface area contributed by atoms with Gasteiger partial charge in [0.2, 0.25) is 0 Å². The van der Waals surface area contributed by atoms with Gasteiger partial charge in [-0.2, -0.15) is 0 Å². The molecule has 0 bridgehead atoms. The normalized spacial score (nSPS) is 18.0. The van der Waals surface area contributed by atoms with E-state index in [-0.39, 0.29) is 0 Å². The molecule has 63 valence electrons. The number of aromatic nitrogens is 1. The Morgan fingerprint density at radius 1 is 1.42 bits per heavy atom. The SMILES string of the molecule is [c]1ccnc(NC2CCCC2)c1. The van der Waals surface area contributed by atoms with Crippen molar-refractivity contribution in [3.63, 3.8) is 0 Å². The van der Waals surface area contributed by atoms with Gasteiger partial charge in [-0.25, -0.2) is 4.98 Å². The highest BCUT2D eigenvalue weighted by Gasteiger charge is 2.14. The second-order valence-electron chi connectivity index (χ2n) is 3.27. The van der Waals surface area contributed by atoms with Crippen molar-refractivity contribution >= 4 is 5.82 Å². The Morgan fingerprint density at radius 3 is 2.92 bits per heavy atom. The highest BCUT2D eigenvalue weighted by atomic mass is 15.0. The van der Waals surface area contributed by atoms with E-state index in [4.69, 9.17) is 0 Å². The molecule has 2 nitrogen and oxygen atoms in total. The van der Waals surface area contributed by atoms with Gasteiger partial charge in [-0.3, -0.25) is 0 Å². The van der Waals surface area contributed by atoms with E-state index in [9.17, 15) is 0 Å². The third kappa shape index (κ3) is 1.76. The van der Waals surface area contributed by atoms with E-state index in [1.165, 1.54) is 25.7 Å². The maximum absolute atomic E-state index is 4.20. The molecule has 0 spiro atoms. The molecule has 1 N–H and O–H groups in total. The van der Waals surface area contributed by atoms with Crippen LogP contribution in [-0.4, -0.2) is 11.0 Å². The van der Waals surface area contributed by atoms with Crippen molar-refractivity contribution in [2.45, 2.75) is 31.7 Å². The summed E-state index contributed by atoms with van der Waals surface area (Å²) < 4.78 is 0. The van der Waals surface area contributed by atoms with Gasteiger partial charge in [0.25, 0.3) is 0 Å². The maximum Gasteiger partial charge on any atom is 0.126 e. The molecule has 1 heterocycles. The van der Waals surface area contributed by atoms with E-state index in [0.29, 0.717) is 6.04 Å². The number of pyridine rings is 1. The van der Waals surface area contributed by atoms with Crippen molar-refractivity contribution in [1.82, 2.24) is 4.98 Å². The van der Waals surface area contributed by atoms with Crippen molar-refractivity contribution in [3.8, 4) is 0 Å². The summed E-state index contributed by atoms with van der Waals surface area (Å²) in [5, 5.41) is 3.40. The van der Waals surface area contributed by atoms with Crippen LogP contribution in [0.15, 0.2) is 18.3 Å². The Morgan fingerprint density at radius 2 is 2.25 bits per heavy atom. The minimum atomic E-state index is 0.647. The number of rotatable bonds is 2. The van der Waals surface area contributed by atoms with Gasteiger partial charge in [0.15, 0.2) is 0 Å². The number of hydrogen-bond donors (Lipinski definition) is 1. The van der Waals surface area contributed by atoms with Crippen LogP contribution in [0.2, 0.25) is 0 Å². The summed E-state index contributed by atoms with van der Waals surface area (Å²) in [6.07, 6.45) is 7.06. The van der Waals surface area contributed by atoms with Gasteiger partial charge >= 0.3 is 0 Å². The first-order valence-electron chi connectivity index (χ1n) is 4.54. The molecule has 1 aromatic rings. The van der Waals surface area contributed by atoms with Crippen LogP contribution in [0.3, 0.4) is 0 Å². The third-order valence-electron chi connectivity index (χ3n) is 2.31. The minimum Gasteiger partial charge on any atom is -0.367 e. The molecular formula is C10H13N2. The number of nitrogens with one attached hydrogen (secondary N) is 1. The summed E-state index contributed by atoms with van der Waals surface area (Å²) in [6, 6.07) is 7.38. The average molecular weight is 161 g/mol. The molecule has 0 atom stereocenters. The average Bonchev–Trinajstić information content (AvgIpc) is 2.59. The summed E-state index contributed by atoms with van der Waals surface area (Å²) in [6.45, 7) is 0. The van der Waals surface area contributed by atoms with E-state index in [0.717, 1.165) is 5.82 Å². The zero-order chi connectivity index (χ0) is 8.23. The Bertz CT molecular complexity index is 227. The van der Waals surface area contributed by atoms with E-state index in [2.05, 4.69) is 16.4 Å². The van der Waals surface area contributed by atoms with Crippen LogP contribution in [0.5, 0.6) is 0 Å². The lowest BCUT2D eigenvalue weighted by molar-refractivity contribution is 0.750. The molecule has 0 amide bonds. The van der Waals surface area contributed by atoms with E-state index in [1.807, 2.05) is 12.1 Å². The zero-order valence-corrected chi connectivity index (χ0v) is 7.09. The molecule has 1 aliphatic carbocycles.